The van der Waals surface area contributed by atoms with Crippen molar-refractivity contribution in [1.29, 1.82) is 0 Å². The number of carbonyl (C=O) groups is 1. The van der Waals surface area contributed by atoms with Crippen molar-refractivity contribution in [2.24, 2.45) is 0 Å². The van der Waals surface area contributed by atoms with Crippen molar-refractivity contribution in [2.45, 2.75) is 17.9 Å². The highest BCUT2D eigenvalue weighted by Gasteiger charge is 2.40. The average molecular weight is 382 g/mol. The molecule has 1 amide bonds. The van der Waals surface area contributed by atoms with Gasteiger partial charge >= 0.3 is 0 Å². The summed E-state index contributed by atoms with van der Waals surface area (Å²) in [5.74, 6) is 0.0700. The summed E-state index contributed by atoms with van der Waals surface area (Å²) in [6.07, 6.45) is 0. The first kappa shape index (κ1) is 17.4. The van der Waals surface area contributed by atoms with Crippen LogP contribution in [-0.4, -0.2) is 27.5 Å². The number of anilines is 2. The second-order valence-corrected chi connectivity index (χ2v) is 8.08. The number of nitrogens with one attached hydrogen (secondary N) is 1. The van der Waals surface area contributed by atoms with Crippen molar-refractivity contribution >= 4 is 38.1 Å². The predicted octanol–water partition coefficient (Wildman–Crippen LogP) is 3.38. The van der Waals surface area contributed by atoms with E-state index >= 15 is 0 Å². The van der Waals surface area contributed by atoms with Crippen molar-refractivity contribution in [2.75, 3.05) is 16.7 Å². The number of hydrogen-bond donors (Lipinski definition) is 1. The summed E-state index contributed by atoms with van der Waals surface area (Å²) in [5.41, 5.74) is 1.01. The van der Waals surface area contributed by atoms with E-state index in [1.165, 1.54) is 11.4 Å². The predicted molar refractivity (Wildman–Crippen MR) is 105 cm³/mol. The van der Waals surface area contributed by atoms with Crippen LogP contribution in [0.2, 0.25) is 0 Å². The first-order valence-electron chi connectivity index (χ1n) is 8.45. The number of methoxy groups -OCH3 is 1. The Kier molecular flexibility index (Phi) is 4.04. The second kappa shape index (κ2) is 6.28. The number of rotatable bonds is 4. The minimum absolute atomic E-state index is 0.229. The molecule has 27 heavy (non-hydrogen) atoms. The lowest BCUT2D eigenvalue weighted by Crippen LogP contribution is -2.44. The van der Waals surface area contributed by atoms with Crippen molar-refractivity contribution in [1.82, 2.24) is 0 Å². The molecule has 1 atom stereocenters. The van der Waals surface area contributed by atoms with Crippen LogP contribution in [0.5, 0.6) is 5.75 Å². The van der Waals surface area contributed by atoms with Crippen LogP contribution in [0.4, 0.5) is 11.4 Å². The zero-order chi connectivity index (χ0) is 19.2. The maximum Gasteiger partial charge on any atom is 0.265 e. The van der Waals surface area contributed by atoms with E-state index in [0.29, 0.717) is 22.5 Å². The molecular formula is C20H18N2O4S. The summed E-state index contributed by atoms with van der Waals surface area (Å²) in [5, 5.41) is 4.24. The molecule has 0 radical (unpaired) electrons. The summed E-state index contributed by atoms with van der Waals surface area (Å²) in [4.78, 5) is 13.1. The number of carbonyl (C=O) groups excluding carboxylic acids is 1. The molecule has 3 aromatic rings. The van der Waals surface area contributed by atoms with Gasteiger partial charge in [-0.3, -0.25) is 9.10 Å². The average Bonchev–Trinajstić information content (AvgIpc) is 2.90. The van der Waals surface area contributed by atoms with Gasteiger partial charge in [-0.05, 0) is 36.6 Å². The van der Waals surface area contributed by atoms with Crippen LogP contribution < -0.4 is 14.4 Å². The molecule has 3 aromatic carbocycles. The quantitative estimate of drug-likeness (QED) is 0.751. The first-order valence-corrected chi connectivity index (χ1v) is 9.89. The normalized spacial score (nSPS) is 15.6. The first-order chi connectivity index (χ1) is 12.9. The van der Waals surface area contributed by atoms with Gasteiger partial charge in [0.05, 0.1) is 23.4 Å². The van der Waals surface area contributed by atoms with Crippen LogP contribution >= 0.6 is 0 Å². The Balaban J connectivity index is 1.73. The summed E-state index contributed by atoms with van der Waals surface area (Å²) in [7, 11) is -2.30. The minimum atomic E-state index is -3.81. The van der Waals surface area contributed by atoms with E-state index in [1.54, 1.807) is 55.5 Å². The summed E-state index contributed by atoms with van der Waals surface area (Å²) in [6, 6.07) is 16.6. The largest absolute Gasteiger partial charge is 0.495 e. The van der Waals surface area contributed by atoms with Gasteiger partial charge in [0, 0.05) is 5.39 Å². The molecule has 0 aliphatic carbocycles. The van der Waals surface area contributed by atoms with E-state index in [4.69, 9.17) is 4.74 Å². The van der Waals surface area contributed by atoms with Crippen molar-refractivity contribution in [3.63, 3.8) is 0 Å². The molecule has 6 nitrogen and oxygen atoms in total. The fourth-order valence-electron chi connectivity index (χ4n) is 3.43. The van der Waals surface area contributed by atoms with Crippen LogP contribution in [0.25, 0.3) is 10.8 Å². The number of benzene rings is 3. The van der Waals surface area contributed by atoms with E-state index in [9.17, 15) is 13.2 Å². The van der Waals surface area contributed by atoms with Gasteiger partial charge in [0.1, 0.15) is 11.8 Å². The lowest BCUT2D eigenvalue weighted by molar-refractivity contribution is -0.116. The molecular weight excluding hydrogens is 364 g/mol. The number of amides is 1. The molecule has 1 heterocycles. The number of nitrogens with zero attached hydrogens (tertiary/aromatic N) is 1. The van der Waals surface area contributed by atoms with Gasteiger partial charge < -0.3 is 10.1 Å². The van der Waals surface area contributed by atoms with Gasteiger partial charge in [0.15, 0.2) is 0 Å². The smallest absolute Gasteiger partial charge is 0.265 e. The third kappa shape index (κ3) is 2.62. The lowest BCUT2D eigenvalue weighted by atomic mass is 10.1. The Bertz CT molecular complexity index is 1150. The Morgan fingerprint density at radius 2 is 1.74 bits per heavy atom. The van der Waals surface area contributed by atoms with Gasteiger partial charge in [-0.15, -0.1) is 0 Å². The van der Waals surface area contributed by atoms with E-state index in [2.05, 4.69) is 5.32 Å². The topological polar surface area (TPSA) is 75.7 Å². The highest BCUT2D eigenvalue weighted by Crippen LogP contribution is 2.43. The van der Waals surface area contributed by atoms with E-state index in [0.717, 1.165) is 5.39 Å². The maximum atomic E-state index is 13.1. The molecule has 0 saturated heterocycles. The lowest BCUT2D eigenvalue weighted by Gasteiger charge is -2.25. The van der Waals surface area contributed by atoms with Crippen molar-refractivity contribution < 1.29 is 17.9 Å². The third-order valence-corrected chi connectivity index (χ3v) is 6.64. The molecule has 1 aliphatic rings. The number of hydrogen-bond acceptors (Lipinski definition) is 4. The zero-order valence-electron chi connectivity index (χ0n) is 14.8. The Morgan fingerprint density at radius 3 is 2.48 bits per heavy atom. The standard InChI is InChI=1S/C20H18N2O4S/c1-13(20(23)21-15-9-3-4-11-17(15)26-2)22-16-10-5-7-14-8-6-12-18(19(14)16)27(22,24)25/h3-13H,1-2H3,(H,21,23). The molecule has 1 aliphatic heterocycles. The van der Waals surface area contributed by atoms with Gasteiger partial charge in [-0.1, -0.05) is 36.4 Å². The van der Waals surface area contributed by atoms with E-state index in [-0.39, 0.29) is 4.90 Å². The maximum absolute atomic E-state index is 13.1. The number of ether oxygens (including phenoxy) is 1. The van der Waals surface area contributed by atoms with Crippen LogP contribution in [0.1, 0.15) is 6.92 Å². The monoisotopic (exact) mass is 382 g/mol. The van der Waals surface area contributed by atoms with Gasteiger partial charge in [-0.25, -0.2) is 8.42 Å². The van der Waals surface area contributed by atoms with Crippen molar-refractivity contribution in [3.05, 3.63) is 60.7 Å². The molecule has 7 heteroatoms. The zero-order valence-corrected chi connectivity index (χ0v) is 15.7. The molecule has 1 unspecified atom stereocenters. The van der Waals surface area contributed by atoms with E-state index in [1.807, 2.05) is 12.1 Å². The highest BCUT2D eigenvalue weighted by molar-refractivity contribution is 7.93. The number of sulfonamides is 1. The highest BCUT2D eigenvalue weighted by atomic mass is 32.2. The fraction of sp³-hybridized carbons (Fsp3) is 0.150. The molecule has 4 rings (SSSR count). The third-order valence-electron chi connectivity index (χ3n) is 4.71. The molecule has 138 valence electrons. The summed E-state index contributed by atoms with van der Waals surface area (Å²) < 4.78 is 32.6. The van der Waals surface area contributed by atoms with Gasteiger partial charge in [0.25, 0.3) is 10.0 Å². The molecule has 0 aromatic heterocycles. The Labute approximate surface area is 157 Å². The Morgan fingerprint density at radius 1 is 1.04 bits per heavy atom. The molecule has 0 spiro atoms. The van der Waals surface area contributed by atoms with Gasteiger partial charge in [-0.2, -0.15) is 0 Å². The SMILES string of the molecule is COc1ccccc1NC(=O)C(C)N1c2cccc3cccc(c23)S1(=O)=O. The Hall–Kier alpha value is -3.06. The summed E-state index contributed by atoms with van der Waals surface area (Å²) >= 11 is 0. The fourth-order valence-corrected chi connectivity index (χ4v) is 5.30. The molecule has 1 N–H and O–H groups in total. The molecule has 0 fully saturated rings. The molecule has 0 bridgehead atoms. The minimum Gasteiger partial charge on any atom is -0.495 e. The van der Waals surface area contributed by atoms with Crippen LogP contribution in [0.3, 0.4) is 0 Å². The van der Waals surface area contributed by atoms with Crippen molar-refractivity contribution in [3.8, 4) is 5.75 Å². The molecule has 0 saturated carbocycles. The summed E-state index contributed by atoms with van der Waals surface area (Å²) in [6.45, 7) is 1.58. The van der Waals surface area contributed by atoms with Crippen LogP contribution in [-0.2, 0) is 14.8 Å². The van der Waals surface area contributed by atoms with Crippen LogP contribution in [0.15, 0.2) is 65.6 Å². The van der Waals surface area contributed by atoms with Gasteiger partial charge in [0.2, 0.25) is 5.91 Å². The van der Waals surface area contributed by atoms with E-state index < -0.39 is 22.0 Å². The van der Waals surface area contributed by atoms with Crippen LogP contribution in [0, 0.1) is 0 Å². The second-order valence-electron chi connectivity index (χ2n) is 6.30. The number of para-hydroxylation sites is 2.